The van der Waals surface area contributed by atoms with Crippen molar-refractivity contribution < 1.29 is 4.74 Å². The summed E-state index contributed by atoms with van der Waals surface area (Å²) in [6, 6.07) is 8.56. The highest BCUT2D eigenvalue weighted by atomic mass is 16.5. The predicted octanol–water partition coefficient (Wildman–Crippen LogP) is 2.05. The average molecular weight is 248 g/mol. The first kappa shape index (κ1) is 13.4. The van der Waals surface area contributed by atoms with Crippen LogP contribution in [0.4, 0.5) is 5.69 Å². The van der Waals surface area contributed by atoms with Gasteiger partial charge in [0, 0.05) is 25.9 Å². The molecule has 0 spiro atoms. The van der Waals surface area contributed by atoms with E-state index in [9.17, 15) is 0 Å². The third-order valence-electron chi connectivity index (χ3n) is 3.60. The summed E-state index contributed by atoms with van der Waals surface area (Å²) < 4.78 is 5.55. The largest absolute Gasteiger partial charge is 0.381 e. The minimum Gasteiger partial charge on any atom is -0.381 e. The van der Waals surface area contributed by atoms with Gasteiger partial charge in [-0.05, 0) is 43.4 Å². The number of hydrogen-bond acceptors (Lipinski definition) is 3. The molecule has 1 heterocycles. The first-order valence-corrected chi connectivity index (χ1v) is 6.88. The van der Waals surface area contributed by atoms with Gasteiger partial charge in [-0.1, -0.05) is 18.2 Å². The lowest BCUT2D eigenvalue weighted by atomic mass is 10.0. The summed E-state index contributed by atoms with van der Waals surface area (Å²) in [6.45, 7) is 3.62. The van der Waals surface area contributed by atoms with Crippen molar-refractivity contribution in [2.24, 2.45) is 11.7 Å². The molecule has 0 aromatic heterocycles. The molecule has 1 aliphatic heterocycles. The number of nitrogens with two attached hydrogens (primary N) is 1. The Kier molecular flexibility index (Phi) is 5.02. The van der Waals surface area contributed by atoms with E-state index in [1.165, 1.54) is 24.1 Å². The average Bonchev–Trinajstić information content (AvgIpc) is 2.41. The Balaban J connectivity index is 2.00. The van der Waals surface area contributed by atoms with Crippen molar-refractivity contribution in [1.29, 1.82) is 0 Å². The maximum atomic E-state index is 5.68. The second-order valence-electron chi connectivity index (χ2n) is 5.13. The SMILES string of the molecule is CN(CC1CCCOC1)c1ccccc1CCN. The molecule has 0 amide bonds. The number of anilines is 1. The van der Waals surface area contributed by atoms with Crippen molar-refractivity contribution in [1.82, 2.24) is 0 Å². The Hall–Kier alpha value is -1.06. The van der Waals surface area contributed by atoms with E-state index < -0.39 is 0 Å². The number of rotatable bonds is 5. The van der Waals surface area contributed by atoms with E-state index in [2.05, 4.69) is 36.2 Å². The first-order valence-electron chi connectivity index (χ1n) is 6.88. The zero-order chi connectivity index (χ0) is 12.8. The smallest absolute Gasteiger partial charge is 0.0511 e. The molecular formula is C15H24N2O. The Morgan fingerprint density at radius 1 is 1.39 bits per heavy atom. The van der Waals surface area contributed by atoms with Gasteiger partial charge in [-0.15, -0.1) is 0 Å². The maximum absolute atomic E-state index is 5.68. The summed E-state index contributed by atoms with van der Waals surface area (Å²) in [6.07, 6.45) is 3.42. The van der Waals surface area contributed by atoms with Crippen LogP contribution in [0.15, 0.2) is 24.3 Å². The summed E-state index contributed by atoms with van der Waals surface area (Å²) in [4.78, 5) is 2.35. The molecule has 2 rings (SSSR count). The molecule has 1 saturated heterocycles. The van der Waals surface area contributed by atoms with Gasteiger partial charge in [0.1, 0.15) is 0 Å². The molecule has 1 aliphatic rings. The second-order valence-corrected chi connectivity index (χ2v) is 5.13. The summed E-state index contributed by atoms with van der Waals surface area (Å²) in [5.74, 6) is 0.662. The van der Waals surface area contributed by atoms with Crippen LogP contribution < -0.4 is 10.6 Å². The molecule has 1 aromatic carbocycles. The number of benzene rings is 1. The molecule has 18 heavy (non-hydrogen) atoms. The van der Waals surface area contributed by atoms with E-state index >= 15 is 0 Å². The summed E-state index contributed by atoms with van der Waals surface area (Å²) in [5.41, 5.74) is 8.34. The van der Waals surface area contributed by atoms with Crippen LogP contribution in [0.25, 0.3) is 0 Å². The molecule has 1 fully saturated rings. The molecule has 0 bridgehead atoms. The van der Waals surface area contributed by atoms with Crippen molar-refractivity contribution in [2.75, 3.05) is 38.3 Å². The summed E-state index contributed by atoms with van der Waals surface area (Å²) >= 11 is 0. The van der Waals surface area contributed by atoms with Crippen molar-refractivity contribution >= 4 is 5.69 Å². The van der Waals surface area contributed by atoms with Crippen LogP contribution in [0.2, 0.25) is 0 Å². The molecule has 0 aliphatic carbocycles. The van der Waals surface area contributed by atoms with Crippen molar-refractivity contribution in [2.45, 2.75) is 19.3 Å². The third-order valence-corrected chi connectivity index (χ3v) is 3.60. The van der Waals surface area contributed by atoms with Crippen LogP contribution in [0.3, 0.4) is 0 Å². The molecular weight excluding hydrogens is 224 g/mol. The Morgan fingerprint density at radius 3 is 2.94 bits per heavy atom. The van der Waals surface area contributed by atoms with Gasteiger partial charge in [0.05, 0.1) is 6.61 Å². The fourth-order valence-electron chi connectivity index (χ4n) is 2.69. The Bertz CT molecular complexity index is 361. The lowest BCUT2D eigenvalue weighted by molar-refractivity contribution is 0.0576. The quantitative estimate of drug-likeness (QED) is 0.866. The molecule has 0 saturated carbocycles. The maximum Gasteiger partial charge on any atom is 0.0511 e. The van der Waals surface area contributed by atoms with E-state index in [0.29, 0.717) is 12.5 Å². The molecule has 1 atom stereocenters. The van der Waals surface area contributed by atoms with Gasteiger partial charge in [-0.3, -0.25) is 0 Å². The van der Waals surface area contributed by atoms with E-state index in [1.807, 2.05) is 0 Å². The predicted molar refractivity (Wildman–Crippen MR) is 76.0 cm³/mol. The number of hydrogen-bond donors (Lipinski definition) is 1. The van der Waals surface area contributed by atoms with Gasteiger partial charge in [0.2, 0.25) is 0 Å². The van der Waals surface area contributed by atoms with Gasteiger partial charge in [0.25, 0.3) is 0 Å². The van der Waals surface area contributed by atoms with Crippen molar-refractivity contribution in [3.63, 3.8) is 0 Å². The highest BCUT2D eigenvalue weighted by Gasteiger charge is 2.17. The van der Waals surface area contributed by atoms with Crippen molar-refractivity contribution in [3.05, 3.63) is 29.8 Å². The third kappa shape index (κ3) is 3.47. The molecule has 3 nitrogen and oxygen atoms in total. The van der Waals surface area contributed by atoms with E-state index in [1.54, 1.807) is 0 Å². The Labute approximate surface area is 110 Å². The first-order chi connectivity index (χ1) is 8.81. The minimum atomic E-state index is 0.662. The molecule has 3 heteroatoms. The van der Waals surface area contributed by atoms with Crippen LogP contribution in [0, 0.1) is 5.92 Å². The molecule has 2 N–H and O–H groups in total. The molecule has 1 aromatic rings. The van der Waals surface area contributed by atoms with Gasteiger partial charge in [-0.2, -0.15) is 0 Å². The number of para-hydroxylation sites is 1. The fourth-order valence-corrected chi connectivity index (χ4v) is 2.69. The summed E-state index contributed by atoms with van der Waals surface area (Å²) in [7, 11) is 2.17. The van der Waals surface area contributed by atoms with Gasteiger partial charge < -0.3 is 15.4 Å². The van der Waals surface area contributed by atoms with Crippen LogP contribution in [-0.4, -0.2) is 33.4 Å². The van der Waals surface area contributed by atoms with Gasteiger partial charge in [0.15, 0.2) is 0 Å². The van der Waals surface area contributed by atoms with E-state index in [0.717, 1.165) is 26.2 Å². The normalized spacial score (nSPS) is 19.8. The van der Waals surface area contributed by atoms with Crippen LogP contribution in [0.1, 0.15) is 18.4 Å². The highest BCUT2D eigenvalue weighted by molar-refractivity contribution is 5.53. The fraction of sp³-hybridized carbons (Fsp3) is 0.600. The van der Waals surface area contributed by atoms with Crippen LogP contribution in [-0.2, 0) is 11.2 Å². The zero-order valence-electron chi connectivity index (χ0n) is 11.3. The highest BCUT2D eigenvalue weighted by Crippen LogP contribution is 2.22. The van der Waals surface area contributed by atoms with Crippen LogP contribution in [0.5, 0.6) is 0 Å². The summed E-state index contributed by atoms with van der Waals surface area (Å²) in [5, 5.41) is 0. The van der Waals surface area contributed by atoms with E-state index in [4.69, 9.17) is 10.5 Å². The van der Waals surface area contributed by atoms with Crippen molar-refractivity contribution in [3.8, 4) is 0 Å². The molecule has 100 valence electrons. The Morgan fingerprint density at radius 2 is 2.22 bits per heavy atom. The molecule has 0 radical (unpaired) electrons. The zero-order valence-corrected chi connectivity index (χ0v) is 11.3. The van der Waals surface area contributed by atoms with Gasteiger partial charge in [-0.25, -0.2) is 0 Å². The van der Waals surface area contributed by atoms with Gasteiger partial charge >= 0.3 is 0 Å². The minimum absolute atomic E-state index is 0.662. The van der Waals surface area contributed by atoms with E-state index in [-0.39, 0.29) is 0 Å². The van der Waals surface area contributed by atoms with Crippen LogP contribution >= 0.6 is 0 Å². The lowest BCUT2D eigenvalue weighted by Crippen LogP contribution is -2.31. The monoisotopic (exact) mass is 248 g/mol. The standard InChI is InChI=1S/C15H24N2O/c1-17(11-13-5-4-10-18-12-13)15-7-3-2-6-14(15)8-9-16/h2-3,6-7,13H,4-5,8-12,16H2,1H3. The molecule has 1 unspecified atom stereocenters. The lowest BCUT2D eigenvalue weighted by Gasteiger charge is -2.29. The number of nitrogens with zero attached hydrogens (tertiary/aromatic N) is 1. The number of ether oxygens (including phenoxy) is 1. The topological polar surface area (TPSA) is 38.5 Å². The second kappa shape index (κ2) is 6.76.